The van der Waals surface area contributed by atoms with E-state index in [1.54, 1.807) is 17.5 Å². The molecule has 22 heavy (non-hydrogen) atoms. The van der Waals surface area contributed by atoms with Gasteiger partial charge in [0.2, 0.25) is 0 Å². The number of rotatable bonds is 4. The van der Waals surface area contributed by atoms with Crippen molar-refractivity contribution in [3.05, 3.63) is 39.5 Å². The van der Waals surface area contributed by atoms with Gasteiger partial charge in [0.05, 0.1) is 10.2 Å². The van der Waals surface area contributed by atoms with Gasteiger partial charge in [-0.2, -0.15) is 8.78 Å². The van der Waals surface area contributed by atoms with Crippen molar-refractivity contribution in [2.45, 2.75) is 10.7 Å². The fraction of sp³-hybridized carbons (Fsp3) is 0.0769. The Morgan fingerprint density at radius 2 is 2.18 bits per heavy atom. The number of alkyl halides is 2. The molecule has 9 heteroatoms. The molecule has 114 valence electrons. The van der Waals surface area contributed by atoms with Gasteiger partial charge in [-0.25, -0.2) is 4.98 Å². The average molecular weight is 377 g/mol. The van der Waals surface area contributed by atoms with E-state index in [2.05, 4.69) is 10.3 Å². The zero-order valence-corrected chi connectivity index (χ0v) is 13.9. The Balaban J connectivity index is 1.82. The van der Waals surface area contributed by atoms with Crippen LogP contribution in [-0.2, 0) is 0 Å². The predicted molar refractivity (Wildman–Crippen MR) is 88.8 cm³/mol. The van der Waals surface area contributed by atoms with Crippen LogP contribution < -0.4 is 5.32 Å². The molecule has 2 aromatic heterocycles. The Hall–Kier alpha value is -1.22. The van der Waals surface area contributed by atoms with E-state index in [4.69, 9.17) is 11.6 Å². The number of carbonyl (C=O) groups is 1. The summed E-state index contributed by atoms with van der Waals surface area (Å²) >= 11 is 8.67. The van der Waals surface area contributed by atoms with Crippen LogP contribution in [0.3, 0.4) is 0 Å². The van der Waals surface area contributed by atoms with Gasteiger partial charge in [0.25, 0.3) is 11.7 Å². The average Bonchev–Trinajstić information content (AvgIpc) is 3.03. The second-order valence-electron chi connectivity index (χ2n) is 4.08. The molecule has 0 aliphatic rings. The minimum absolute atomic E-state index is 0.252. The van der Waals surface area contributed by atoms with Crippen LogP contribution in [-0.4, -0.2) is 16.6 Å². The molecule has 2 heterocycles. The Bertz CT molecular complexity index is 834. The van der Waals surface area contributed by atoms with E-state index in [-0.39, 0.29) is 9.77 Å². The molecule has 0 aliphatic heterocycles. The highest BCUT2D eigenvalue weighted by Gasteiger charge is 2.18. The number of halogens is 3. The molecule has 0 atom stereocenters. The molecule has 3 nitrogen and oxygen atoms in total. The van der Waals surface area contributed by atoms with Gasteiger partial charge in [-0.05, 0) is 29.6 Å². The van der Waals surface area contributed by atoms with Crippen molar-refractivity contribution in [2.24, 2.45) is 0 Å². The second-order valence-corrected chi connectivity index (χ2v) is 7.49. The van der Waals surface area contributed by atoms with Gasteiger partial charge in [-0.1, -0.05) is 34.7 Å². The summed E-state index contributed by atoms with van der Waals surface area (Å²) in [5.41, 5.74) is 0.682. The van der Waals surface area contributed by atoms with E-state index in [9.17, 15) is 13.6 Å². The van der Waals surface area contributed by atoms with Crippen LogP contribution in [0.1, 0.15) is 9.67 Å². The number of anilines is 1. The summed E-state index contributed by atoms with van der Waals surface area (Å²) in [7, 11) is 0. The summed E-state index contributed by atoms with van der Waals surface area (Å²) in [4.78, 5) is 17.0. The molecule has 1 aromatic carbocycles. The van der Waals surface area contributed by atoms with Gasteiger partial charge in [-0.15, -0.1) is 11.3 Å². The third kappa shape index (κ3) is 3.40. The number of carbonyl (C=O) groups excluding carboxylic acids is 1. The Morgan fingerprint density at radius 3 is 2.95 bits per heavy atom. The lowest BCUT2D eigenvalue weighted by Gasteiger charge is -2.02. The van der Waals surface area contributed by atoms with Crippen molar-refractivity contribution in [3.63, 3.8) is 0 Å². The van der Waals surface area contributed by atoms with Gasteiger partial charge in [0.1, 0.15) is 4.88 Å². The van der Waals surface area contributed by atoms with Crippen molar-refractivity contribution < 1.29 is 13.6 Å². The molecule has 1 N–H and O–H groups in total. The number of aromatic nitrogens is 1. The van der Waals surface area contributed by atoms with Crippen LogP contribution in [0.15, 0.2) is 34.5 Å². The van der Waals surface area contributed by atoms with E-state index in [0.717, 1.165) is 16.0 Å². The second kappa shape index (κ2) is 6.49. The first-order valence-electron chi connectivity index (χ1n) is 5.92. The summed E-state index contributed by atoms with van der Waals surface area (Å²) in [6, 6.07) is 6.76. The maximum Gasteiger partial charge on any atom is 0.288 e. The van der Waals surface area contributed by atoms with Gasteiger partial charge >= 0.3 is 0 Å². The van der Waals surface area contributed by atoms with E-state index >= 15 is 0 Å². The summed E-state index contributed by atoms with van der Waals surface area (Å²) < 4.78 is 25.8. The van der Waals surface area contributed by atoms with Crippen LogP contribution in [0.2, 0.25) is 5.02 Å². The number of nitrogens with one attached hydrogen (secondary N) is 1. The fourth-order valence-electron chi connectivity index (χ4n) is 1.76. The van der Waals surface area contributed by atoms with Crippen molar-refractivity contribution in [1.29, 1.82) is 0 Å². The Labute approximate surface area is 141 Å². The van der Waals surface area contributed by atoms with Crippen LogP contribution in [0.4, 0.5) is 13.9 Å². The maximum atomic E-state index is 12.5. The van der Waals surface area contributed by atoms with Gasteiger partial charge in [0, 0.05) is 9.92 Å². The van der Waals surface area contributed by atoms with Crippen LogP contribution in [0.5, 0.6) is 0 Å². The lowest BCUT2D eigenvalue weighted by atomic mass is 10.3. The molecule has 0 saturated carbocycles. The van der Waals surface area contributed by atoms with Gasteiger partial charge in [0.15, 0.2) is 5.13 Å². The standard InChI is InChI=1S/C13H7ClF2N2OS3/c14-6-1-2-8-7(5-6)17-13(22-8)18-11(19)10-9(3-4-20-10)21-12(15)16/h1-5,12H,(H,17,18,19). The van der Waals surface area contributed by atoms with Crippen LogP contribution >= 0.6 is 46.0 Å². The van der Waals surface area contributed by atoms with Crippen molar-refractivity contribution in [3.8, 4) is 0 Å². The number of fused-ring (bicyclic) bond motifs is 1. The molecule has 1 amide bonds. The number of hydrogen-bond acceptors (Lipinski definition) is 5. The third-order valence-electron chi connectivity index (χ3n) is 2.62. The number of benzene rings is 1. The smallest absolute Gasteiger partial charge is 0.288 e. The lowest BCUT2D eigenvalue weighted by molar-refractivity contribution is 0.102. The molecule has 0 fully saturated rings. The lowest BCUT2D eigenvalue weighted by Crippen LogP contribution is -2.10. The third-order valence-corrected chi connectivity index (χ3v) is 5.62. The number of thioether (sulfide) groups is 1. The van der Waals surface area contributed by atoms with Gasteiger partial charge in [-0.3, -0.25) is 10.1 Å². The summed E-state index contributed by atoms with van der Waals surface area (Å²) in [6.07, 6.45) is 0. The summed E-state index contributed by atoms with van der Waals surface area (Å²) in [5, 5.41) is 5.22. The van der Waals surface area contributed by atoms with Crippen LogP contribution in [0.25, 0.3) is 10.2 Å². The minimum atomic E-state index is -2.56. The Kier molecular flexibility index (Phi) is 4.62. The highest BCUT2D eigenvalue weighted by Crippen LogP contribution is 2.33. The van der Waals surface area contributed by atoms with Gasteiger partial charge < -0.3 is 0 Å². The normalized spacial score (nSPS) is 11.3. The van der Waals surface area contributed by atoms with E-state index in [0.29, 0.717) is 27.4 Å². The van der Waals surface area contributed by atoms with Crippen molar-refractivity contribution >= 4 is 67.3 Å². The highest BCUT2D eigenvalue weighted by atomic mass is 35.5. The molecule has 0 aliphatic carbocycles. The first-order chi connectivity index (χ1) is 10.5. The molecular formula is C13H7ClF2N2OS3. The number of thiophene rings is 1. The molecule has 0 spiro atoms. The summed E-state index contributed by atoms with van der Waals surface area (Å²) in [5.74, 6) is -3.01. The van der Waals surface area contributed by atoms with E-state index < -0.39 is 11.7 Å². The van der Waals surface area contributed by atoms with Crippen molar-refractivity contribution in [1.82, 2.24) is 4.98 Å². The molecule has 0 radical (unpaired) electrons. The van der Waals surface area contributed by atoms with Crippen LogP contribution in [0, 0.1) is 0 Å². The topological polar surface area (TPSA) is 42.0 Å². The summed E-state index contributed by atoms with van der Waals surface area (Å²) in [6.45, 7) is 0. The number of nitrogens with zero attached hydrogens (tertiary/aromatic N) is 1. The quantitative estimate of drug-likeness (QED) is 0.604. The monoisotopic (exact) mass is 376 g/mol. The molecule has 0 unspecified atom stereocenters. The first kappa shape index (κ1) is 15.7. The Morgan fingerprint density at radius 1 is 1.36 bits per heavy atom. The molecular weight excluding hydrogens is 370 g/mol. The SMILES string of the molecule is O=C(Nc1nc2cc(Cl)ccc2s1)c1sccc1SC(F)F. The largest absolute Gasteiger partial charge is 0.297 e. The van der Waals surface area contributed by atoms with Crippen molar-refractivity contribution in [2.75, 3.05) is 5.32 Å². The highest BCUT2D eigenvalue weighted by molar-refractivity contribution is 7.99. The molecule has 3 rings (SSSR count). The molecule has 0 saturated heterocycles. The minimum Gasteiger partial charge on any atom is -0.297 e. The zero-order chi connectivity index (χ0) is 15.7. The zero-order valence-electron chi connectivity index (χ0n) is 10.7. The van der Waals surface area contributed by atoms with E-state index in [1.807, 2.05) is 6.07 Å². The number of thiazole rings is 1. The maximum absolute atomic E-state index is 12.5. The number of hydrogen-bond donors (Lipinski definition) is 1. The first-order valence-corrected chi connectivity index (χ1v) is 8.88. The predicted octanol–water partition coefficient (Wildman–Crippen LogP) is 5.58. The molecule has 0 bridgehead atoms. The van der Waals surface area contributed by atoms with E-state index in [1.165, 1.54) is 17.4 Å². The fourth-order valence-corrected chi connectivity index (χ4v) is 4.36. The molecule has 3 aromatic rings. The number of amides is 1.